The standard InChI is InChI=1S/C19H22ClNO4S/c1-2-25-19(22)14-21-17-9-5-15(6-10-17)4-3-13-26(23,24)18-11-7-16(20)8-12-18/h5-12,21H,2-4,13-14H2,1H3. The van der Waals surface area contributed by atoms with E-state index in [1.54, 1.807) is 19.1 Å². The van der Waals surface area contributed by atoms with Crippen LogP contribution in [-0.2, 0) is 25.8 Å². The van der Waals surface area contributed by atoms with Gasteiger partial charge in [0.15, 0.2) is 9.84 Å². The Balaban J connectivity index is 1.82. The average molecular weight is 396 g/mol. The molecular weight excluding hydrogens is 374 g/mol. The van der Waals surface area contributed by atoms with E-state index >= 15 is 0 Å². The molecule has 1 N–H and O–H groups in total. The number of anilines is 1. The van der Waals surface area contributed by atoms with Gasteiger partial charge in [-0.2, -0.15) is 0 Å². The first-order valence-corrected chi connectivity index (χ1v) is 10.4. The predicted octanol–water partition coefficient (Wildman–Crippen LogP) is 3.72. The molecule has 0 aliphatic heterocycles. The number of nitrogens with one attached hydrogen (secondary N) is 1. The minimum Gasteiger partial charge on any atom is -0.465 e. The Morgan fingerprint density at radius 3 is 2.35 bits per heavy atom. The zero-order chi connectivity index (χ0) is 19.0. The van der Waals surface area contributed by atoms with Crippen molar-refractivity contribution in [2.24, 2.45) is 0 Å². The summed E-state index contributed by atoms with van der Waals surface area (Å²) in [7, 11) is -3.30. The Bertz CT molecular complexity index is 818. The van der Waals surface area contributed by atoms with Gasteiger partial charge in [-0.25, -0.2) is 8.42 Å². The van der Waals surface area contributed by atoms with E-state index in [0.717, 1.165) is 11.3 Å². The second kappa shape index (κ2) is 9.59. The van der Waals surface area contributed by atoms with E-state index in [4.69, 9.17) is 16.3 Å². The summed E-state index contributed by atoms with van der Waals surface area (Å²) in [4.78, 5) is 11.6. The number of hydrogen-bond donors (Lipinski definition) is 1. The Morgan fingerprint density at radius 2 is 1.73 bits per heavy atom. The van der Waals surface area contributed by atoms with Gasteiger partial charge >= 0.3 is 5.97 Å². The third kappa shape index (κ3) is 6.35. The molecule has 7 heteroatoms. The Kier molecular flexibility index (Phi) is 7.48. The highest BCUT2D eigenvalue weighted by atomic mass is 35.5. The van der Waals surface area contributed by atoms with Gasteiger partial charge in [-0.1, -0.05) is 23.7 Å². The van der Waals surface area contributed by atoms with Crippen molar-refractivity contribution in [1.29, 1.82) is 0 Å². The lowest BCUT2D eigenvalue weighted by atomic mass is 10.1. The number of halogens is 1. The highest BCUT2D eigenvalue weighted by Gasteiger charge is 2.13. The number of carbonyl (C=O) groups excluding carboxylic acids is 1. The number of benzene rings is 2. The molecule has 2 aromatic carbocycles. The van der Waals surface area contributed by atoms with E-state index < -0.39 is 9.84 Å². The largest absolute Gasteiger partial charge is 0.465 e. The summed E-state index contributed by atoms with van der Waals surface area (Å²) in [6, 6.07) is 13.8. The first-order valence-electron chi connectivity index (χ1n) is 8.37. The lowest BCUT2D eigenvalue weighted by Crippen LogP contribution is -2.16. The molecule has 0 bridgehead atoms. The summed E-state index contributed by atoms with van der Waals surface area (Å²) in [5.41, 5.74) is 1.86. The maximum absolute atomic E-state index is 12.3. The number of esters is 1. The Morgan fingerprint density at radius 1 is 1.08 bits per heavy atom. The topological polar surface area (TPSA) is 72.5 Å². The minimum absolute atomic E-state index is 0.0808. The monoisotopic (exact) mass is 395 g/mol. The van der Waals surface area contributed by atoms with E-state index in [0.29, 0.717) is 29.4 Å². The van der Waals surface area contributed by atoms with Crippen LogP contribution in [0.3, 0.4) is 0 Å². The van der Waals surface area contributed by atoms with Crippen molar-refractivity contribution >= 4 is 33.1 Å². The Hall–Kier alpha value is -2.05. The number of aryl methyl sites for hydroxylation is 1. The lowest BCUT2D eigenvalue weighted by Gasteiger charge is -2.08. The zero-order valence-electron chi connectivity index (χ0n) is 14.6. The molecule has 0 unspecified atom stereocenters. The molecule has 0 spiro atoms. The van der Waals surface area contributed by atoms with Gasteiger partial charge in [0.2, 0.25) is 0 Å². The van der Waals surface area contributed by atoms with Gasteiger partial charge in [-0.3, -0.25) is 4.79 Å². The highest BCUT2D eigenvalue weighted by Crippen LogP contribution is 2.17. The van der Waals surface area contributed by atoms with Gasteiger partial charge in [-0.15, -0.1) is 0 Å². The van der Waals surface area contributed by atoms with Crippen LogP contribution in [-0.4, -0.2) is 33.3 Å². The fraction of sp³-hybridized carbons (Fsp3) is 0.316. The molecule has 0 aliphatic rings. The molecule has 2 aromatic rings. The minimum atomic E-state index is -3.30. The van der Waals surface area contributed by atoms with Crippen molar-refractivity contribution in [2.45, 2.75) is 24.7 Å². The molecule has 2 rings (SSSR count). The molecule has 0 heterocycles. The zero-order valence-corrected chi connectivity index (χ0v) is 16.1. The van der Waals surface area contributed by atoms with Gasteiger partial charge < -0.3 is 10.1 Å². The van der Waals surface area contributed by atoms with Crippen LogP contribution in [0.1, 0.15) is 18.9 Å². The molecule has 0 aromatic heterocycles. The highest BCUT2D eigenvalue weighted by molar-refractivity contribution is 7.91. The van der Waals surface area contributed by atoms with E-state index in [1.165, 1.54) is 12.1 Å². The van der Waals surface area contributed by atoms with Crippen LogP contribution < -0.4 is 5.32 Å². The van der Waals surface area contributed by atoms with Gasteiger partial charge in [-0.05, 0) is 61.7 Å². The fourth-order valence-corrected chi connectivity index (χ4v) is 3.84. The SMILES string of the molecule is CCOC(=O)CNc1ccc(CCCS(=O)(=O)c2ccc(Cl)cc2)cc1. The molecule has 26 heavy (non-hydrogen) atoms. The summed E-state index contributed by atoms with van der Waals surface area (Å²) >= 11 is 5.79. The first kappa shape index (κ1) is 20.3. The second-order valence-corrected chi connectivity index (χ2v) is 8.28. The molecule has 5 nitrogen and oxygen atoms in total. The molecule has 0 atom stereocenters. The number of rotatable bonds is 9. The summed E-state index contributed by atoms with van der Waals surface area (Å²) in [6.45, 7) is 2.24. The van der Waals surface area contributed by atoms with E-state index in [-0.39, 0.29) is 18.3 Å². The van der Waals surface area contributed by atoms with Gasteiger partial charge in [0, 0.05) is 10.7 Å². The second-order valence-electron chi connectivity index (χ2n) is 5.73. The molecule has 0 fully saturated rings. The van der Waals surface area contributed by atoms with Gasteiger partial charge in [0.25, 0.3) is 0 Å². The van der Waals surface area contributed by atoms with Crippen molar-refractivity contribution in [3.8, 4) is 0 Å². The number of carbonyl (C=O) groups is 1. The third-order valence-electron chi connectivity index (χ3n) is 3.75. The molecule has 0 saturated heterocycles. The normalized spacial score (nSPS) is 11.2. The quantitative estimate of drug-likeness (QED) is 0.655. The smallest absolute Gasteiger partial charge is 0.325 e. The van der Waals surface area contributed by atoms with Crippen LogP contribution in [0.5, 0.6) is 0 Å². The van der Waals surface area contributed by atoms with Crippen molar-refractivity contribution in [1.82, 2.24) is 0 Å². The van der Waals surface area contributed by atoms with E-state index in [9.17, 15) is 13.2 Å². The van der Waals surface area contributed by atoms with Crippen LogP contribution in [0.15, 0.2) is 53.4 Å². The van der Waals surface area contributed by atoms with Crippen molar-refractivity contribution in [3.63, 3.8) is 0 Å². The molecular formula is C19H22ClNO4S. The maximum Gasteiger partial charge on any atom is 0.325 e. The molecule has 0 amide bonds. The van der Waals surface area contributed by atoms with Crippen molar-refractivity contribution in [3.05, 3.63) is 59.1 Å². The van der Waals surface area contributed by atoms with E-state index in [2.05, 4.69) is 5.32 Å². The number of sulfone groups is 1. The Labute approximate surface area is 159 Å². The van der Waals surface area contributed by atoms with Crippen LogP contribution in [0.2, 0.25) is 5.02 Å². The van der Waals surface area contributed by atoms with Crippen molar-refractivity contribution in [2.75, 3.05) is 24.2 Å². The number of ether oxygens (including phenoxy) is 1. The first-order chi connectivity index (χ1) is 12.4. The molecule has 0 saturated carbocycles. The third-order valence-corrected chi connectivity index (χ3v) is 5.82. The maximum atomic E-state index is 12.3. The summed E-state index contributed by atoms with van der Waals surface area (Å²) in [5, 5.41) is 3.50. The van der Waals surface area contributed by atoms with Crippen molar-refractivity contribution < 1.29 is 17.9 Å². The van der Waals surface area contributed by atoms with Gasteiger partial charge in [0.05, 0.1) is 17.3 Å². The lowest BCUT2D eigenvalue weighted by molar-refractivity contribution is -0.140. The predicted molar refractivity (Wildman–Crippen MR) is 103 cm³/mol. The van der Waals surface area contributed by atoms with Crippen LogP contribution in [0, 0.1) is 0 Å². The summed E-state index contributed by atoms with van der Waals surface area (Å²) in [6.07, 6.45) is 1.19. The summed E-state index contributed by atoms with van der Waals surface area (Å²) in [5.74, 6) is -0.221. The van der Waals surface area contributed by atoms with E-state index in [1.807, 2.05) is 24.3 Å². The van der Waals surface area contributed by atoms with Crippen LogP contribution in [0.4, 0.5) is 5.69 Å². The fourth-order valence-electron chi connectivity index (χ4n) is 2.40. The molecule has 0 aliphatic carbocycles. The van der Waals surface area contributed by atoms with Crippen LogP contribution >= 0.6 is 11.6 Å². The number of hydrogen-bond acceptors (Lipinski definition) is 5. The van der Waals surface area contributed by atoms with Crippen LogP contribution in [0.25, 0.3) is 0 Å². The molecule has 0 radical (unpaired) electrons. The average Bonchev–Trinajstić information content (AvgIpc) is 2.61. The summed E-state index contributed by atoms with van der Waals surface area (Å²) < 4.78 is 29.4. The molecule has 140 valence electrons. The van der Waals surface area contributed by atoms with Gasteiger partial charge in [0.1, 0.15) is 6.54 Å².